The summed E-state index contributed by atoms with van der Waals surface area (Å²) in [6.45, 7) is 1.89. The fraction of sp³-hybridized carbons (Fsp3) is 0.200. The van der Waals surface area contributed by atoms with Crippen LogP contribution in [0.3, 0.4) is 0 Å². The smallest absolute Gasteiger partial charge is 0.252 e. The molecular formula is C10H11NO3S. The van der Waals surface area contributed by atoms with Gasteiger partial charge in [0, 0.05) is 5.56 Å². The zero-order chi connectivity index (χ0) is 11.3. The summed E-state index contributed by atoms with van der Waals surface area (Å²) in [6, 6.07) is 7.08. The van der Waals surface area contributed by atoms with Crippen LogP contribution >= 0.6 is 0 Å². The molecule has 1 unspecified atom stereocenters. The van der Waals surface area contributed by atoms with Gasteiger partial charge in [-0.1, -0.05) is 17.7 Å². The summed E-state index contributed by atoms with van der Waals surface area (Å²) in [4.78, 5) is 11.5. The van der Waals surface area contributed by atoms with Gasteiger partial charge in [-0.25, -0.2) is 4.21 Å². The van der Waals surface area contributed by atoms with Gasteiger partial charge in [0.05, 0.1) is 0 Å². The lowest BCUT2D eigenvalue weighted by atomic mass is 10.1. The number of aryl methyl sites for hydroxylation is 1. The standard InChI is InChI=1S/C10H11NO3S/c1-8-4-3-5-9(6-8)10(12)11-7-15(13)14-2/h2-6H,7H2,1H3,(H,11,12). The Morgan fingerprint density at radius 2 is 2.33 bits per heavy atom. The van der Waals surface area contributed by atoms with Crippen molar-refractivity contribution in [2.24, 2.45) is 0 Å². The van der Waals surface area contributed by atoms with E-state index in [0.717, 1.165) is 5.56 Å². The van der Waals surface area contributed by atoms with Crippen molar-refractivity contribution in [2.75, 3.05) is 5.88 Å². The maximum absolute atomic E-state index is 11.5. The first-order valence-electron chi connectivity index (χ1n) is 4.24. The van der Waals surface area contributed by atoms with Gasteiger partial charge in [-0.15, -0.1) is 0 Å². The molecule has 1 atom stereocenters. The van der Waals surface area contributed by atoms with Crippen molar-refractivity contribution < 1.29 is 13.2 Å². The molecule has 5 heteroatoms. The third kappa shape index (κ3) is 3.81. The maximum atomic E-state index is 11.5. The number of carbonyl (C=O) groups is 1. The van der Waals surface area contributed by atoms with E-state index in [4.69, 9.17) is 0 Å². The fourth-order valence-electron chi connectivity index (χ4n) is 1.05. The molecule has 0 aliphatic heterocycles. The summed E-state index contributed by atoms with van der Waals surface area (Å²) in [5.41, 5.74) is 1.50. The molecule has 1 amide bonds. The highest BCUT2D eigenvalue weighted by Crippen LogP contribution is 2.03. The molecule has 0 spiro atoms. The third-order valence-corrected chi connectivity index (χ3v) is 2.33. The van der Waals surface area contributed by atoms with E-state index >= 15 is 0 Å². The quantitative estimate of drug-likeness (QED) is 0.832. The van der Waals surface area contributed by atoms with Crippen LogP contribution in [0.25, 0.3) is 0 Å². The minimum atomic E-state index is -1.68. The molecule has 0 heterocycles. The van der Waals surface area contributed by atoms with Gasteiger partial charge < -0.3 is 5.32 Å². The average Bonchev–Trinajstić information content (AvgIpc) is 2.25. The monoisotopic (exact) mass is 225 g/mol. The zero-order valence-electron chi connectivity index (χ0n) is 8.23. The van der Waals surface area contributed by atoms with Crippen LogP contribution in [-0.4, -0.2) is 16.0 Å². The van der Waals surface area contributed by atoms with Crippen LogP contribution < -0.4 is 5.32 Å². The number of rotatable bonds is 4. The molecule has 0 saturated carbocycles. The number of nitrogens with one attached hydrogen (secondary N) is 1. The van der Waals surface area contributed by atoms with E-state index in [0.29, 0.717) is 5.56 Å². The second kappa shape index (κ2) is 5.63. The van der Waals surface area contributed by atoms with Crippen molar-refractivity contribution in [3.05, 3.63) is 42.5 Å². The van der Waals surface area contributed by atoms with Gasteiger partial charge in [-0.05, 0) is 19.1 Å². The SMILES string of the molecule is [CH]OS(=O)CNC(=O)c1cccc(C)c1. The molecule has 0 aliphatic rings. The number of amides is 1. The molecule has 0 saturated heterocycles. The van der Waals surface area contributed by atoms with Gasteiger partial charge in [0.15, 0.2) is 11.1 Å². The van der Waals surface area contributed by atoms with E-state index in [2.05, 4.69) is 16.6 Å². The van der Waals surface area contributed by atoms with Crippen LogP contribution in [0.5, 0.6) is 0 Å². The van der Waals surface area contributed by atoms with Crippen molar-refractivity contribution in [3.63, 3.8) is 0 Å². The van der Waals surface area contributed by atoms with Crippen LogP contribution in [0, 0.1) is 14.0 Å². The maximum Gasteiger partial charge on any atom is 0.252 e. The Morgan fingerprint density at radius 3 is 2.93 bits per heavy atom. The summed E-state index contributed by atoms with van der Waals surface area (Å²) >= 11 is -1.68. The molecule has 0 bridgehead atoms. The largest absolute Gasteiger partial charge is 0.338 e. The van der Waals surface area contributed by atoms with Gasteiger partial charge in [-0.3, -0.25) is 8.98 Å². The number of carbonyl (C=O) groups excluding carboxylic acids is 1. The molecule has 80 valence electrons. The second-order valence-corrected chi connectivity index (χ2v) is 4.01. The number of benzene rings is 1. The second-order valence-electron chi connectivity index (χ2n) is 2.92. The highest BCUT2D eigenvalue weighted by molar-refractivity contribution is 7.80. The summed E-state index contributed by atoms with van der Waals surface area (Å²) < 4.78 is 14.8. The highest BCUT2D eigenvalue weighted by Gasteiger charge is 2.06. The Kier molecular flexibility index (Phi) is 4.45. The molecule has 0 aromatic heterocycles. The molecule has 1 aromatic rings. The first kappa shape index (κ1) is 11.9. The van der Waals surface area contributed by atoms with E-state index in [-0.39, 0.29) is 11.8 Å². The van der Waals surface area contributed by atoms with Gasteiger partial charge in [0.1, 0.15) is 13.0 Å². The van der Waals surface area contributed by atoms with Crippen molar-refractivity contribution >= 4 is 17.0 Å². The minimum absolute atomic E-state index is 0.122. The lowest BCUT2D eigenvalue weighted by Gasteiger charge is -2.04. The van der Waals surface area contributed by atoms with Crippen LogP contribution in [0.1, 0.15) is 15.9 Å². The summed E-state index contributed by atoms with van der Waals surface area (Å²) in [6.07, 6.45) is 0. The topological polar surface area (TPSA) is 55.4 Å². The molecule has 1 aromatic carbocycles. The first-order chi connectivity index (χ1) is 7.13. The van der Waals surface area contributed by atoms with Crippen molar-refractivity contribution in [2.45, 2.75) is 6.92 Å². The molecule has 1 rings (SSSR count). The molecule has 4 nitrogen and oxygen atoms in total. The Morgan fingerprint density at radius 1 is 1.60 bits per heavy atom. The lowest BCUT2D eigenvalue weighted by Crippen LogP contribution is -2.27. The van der Waals surface area contributed by atoms with Crippen LogP contribution in [0.15, 0.2) is 24.3 Å². The average molecular weight is 225 g/mol. The lowest BCUT2D eigenvalue weighted by molar-refractivity contribution is 0.0959. The number of hydrogen-bond acceptors (Lipinski definition) is 3. The van der Waals surface area contributed by atoms with Gasteiger partial charge in [-0.2, -0.15) is 0 Å². The molecule has 0 aliphatic carbocycles. The third-order valence-electron chi connectivity index (χ3n) is 1.74. The summed E-state index contributed by atoms with van der Waals surface area (Å²) in [5, 5.41) is 2.43. The highest BCUT2D eigenvalue weighted by atomic mass is 32.2. The van der Waals surface area contributed by atoms with E-state index in [1.165, 1.54) is 0 Å². The van der Waals surface area contributed by atoms with E-state index in [9.17, 15) is 9.00 Å². The number of hydrogen-bond donors (Lipinski definition) is 1. The molecule has 0 fully saturated rings. The minimum Gasteiger partial charge on any atom is -0.338 e. The molecular weight excluding hydrogens is 214 g/mol. The fourth-order valence-corrected chi connectivity index (χ4v) is 1.36. The van der Waals surface area contributed by atoms with Crippen LogP contribution in [0.2, 0.25) is 0 Å². The summed E-state index contributed by atoms with van der Waals surface area (Å²) in [7, 11) is 4.67. The normalized spacial score (nSPS) is 12.1. The molecule has 1 N–H and O–H groups in total. The summed E-state index contributed by atoms with van der Waals surface area (Å²) in [5.74, 6) is -0.424. The predicted molar refractivity (Wildman–Crippen MR) is 57.0 cm³/mol. The Labute approximate surface area is 91.3 Å². The van der Waals surface area contributed by atoms with Crippen molar-refractivity contribution in [3.8, 4) is 0 Å². The van der Waals surface area contributed by atoms with Crippen LogP contribution in [-0.2, 0) is 15.3 Å². The van der Waals surface area contributed by atoms with E-state index in [1.54, 1.807) is 18.2 Å². The van der Waals surface area contributed by atoms with Gasteiger partial charge in [0.2, 0.25) is 0 Å². The van der Waals surface area contributed by atoms with E-state index in [1.807, 2.05) is 13.0 Å². The van der Waals surface area contributed by atoms with Gasteiger partial charge >= 0.3 is 0 Å². The molecule has 2 radical (unpaired) electrons. The van der Waals surface area contributed by atoms with Gasteiger partial charge in [0.25, 0.3) is 5.91 Å². The van der Waals surface area contributed by atoms with Crippen molar-refractivity contribution in [1.82, 2.24) is 5.32 Å². The zero-order valence-corrected chi connectivity index (χ0v) is 9.04. The Bertz CT molecular complexity index is 379. The van der Waals surface area contributed by atoms with E-state index < -0.39 is 11.1 Å². The first-order valence-corrected chi connectivity index (χ1v) is 5.48. The van der Waals surface area contributed by atoms with Crippen LogP contribution in [0.4, 0.5) is 0 Å². The predicted octanol–water partition coefficient (Wildman–Crippen LogP) is 1.03. The Balaban J connectivity index is 2.58. The molecule has 15 heavy (non-hydrogen) atoms. The Hall–Kier alpha value is -1.20. The van der Waals surface area contributed by atoms with Crippen molar-refractivity contribution in [1.29, 1.82) is 0 Å².